The lowest BCUT2D eigenvalue weighted by atomic mass is 9.73. The zero-order valence-electron chi connectivity index (χ0n) is 13.2. The lowest BCUT2D eigenvalue weighted by molar-refractivity contribution is -0.136. The fourth-order valence-corrected chi connectivity index (χ4v) is 5.12. The first-order valence-electron chi connectivity index (χ1n) is 8.32. The Labute approximate surface area is 139 Å². The Morgan fingerprint density at radius 3 is 3.00 bits per heavy atom. The Bertz CT molecular complexity index is 793. The van der Waals surface area contributed by atoms with Crippen LogP contribution in [0.25, 0.3) is 10.1 Å². The van der Waals surface area contributed by atoms with Crippen molar-refractivity contribution in [2.45, 2.75) is 31.8 Å². The molecule has 1 N–H and O–H groups in total. The smallest absolute Gasteiger partial charge is 0.160 e. The van der Waals surface area contributed by atoms with Crippen molar-refractivity contribution >= 4 is 33.1 Å². The molecule has 6 heteroatoms. The molecule has 5 heterocycles. The highest BCUT2D eigenvalue weighted by molar-refractivity contribution is 7.13. The molecule has 1 aromatic carbocycles. The van der Waals surface area contributed by atoms with Crippen molar-refractivity contribution in [3.63, 3.8) is 0 Å². The Balaban J connectivity index is 1.35. The lowest BCUT2D eigenvalue weighted by Gasteiger charge is -2.49. The molecule has 3 fully saturated rings. The number of hydrogen-bond donors (Lipinski definition) is 1. The average molecular weight is 328 g/mol. The van der Waals surface area contributed by atoms with Crippen molar-refractivity contribution in [1.82, 2.24) is 9.27 Å². The molecule has 3 saturated heterocycles. The van der Waals surface area contributed by atoms with E-state index >= 15 is 0 Å². The summed E-state index contributed by atoms with van der Waals surface area (Å²) in [4.78, 5) is 8.48. The van der Waals surface area contributed by atoms with Gasteiger partial charge in [0.1, 0.15) is 0 Å². The van der Waals surface area contributed by atoms with Gasteiger partial charge in [0.05, 0.1) is 16.8 Å². The fourth-order valence-electron chi connectivity index (χ4n) is 4.30. The Hall–Kier alpha value is -1.66. The van der Waals surface area contributed by atoms with Gasteiger partial charge >= 0.3 is 0 Å². The third-order valence-electron chi connectivity index (χ3n) is 5.57. The van der Waals surface area contributed by atoms with Crippen LogP contribution >= 0.6 is 11.5 Å². The van der Waals surface area contributed by atoms with Gasteiger partial charge in [-0.1, -0.05) is 5.16 Å². The summed E-state index contributed by atoms with van der Waals surface area (Å²) in [5.74, 6) is 1.61. The Kier molecular flexibility index (Phi) is 2.94. The van der Waals surface area contributed by atoms with Crippen LogP contribution in [0.3, 0.4) is 0 Å². The molecule has 0 radical (unpaired) electrons. The maximum atomic E-state index is 5.97. The maximum absolute atomic E-state index is 5.97. The normalized spacial score (nSPS) is 32.3. The zero-order chi connectivity index (χ0) is 15.4. The molecule has 1 atom stereocenters. The van der Waals surface area contributed by atoms with Gasteiger partial charge in [-0.05, 0) is 62.6 Å². The predicted octanol–water partition coefficient (Wildman–Crippen LogP) is 3.21. The van der Waals surface area contributed by atoms with Crippen LogP contribution in [-0.4, -0.2) is 40.3 Å². The highest BCUT2D eigenvalue weighted by atomic mass is 32.1. The van der Waals surface area contributed by atoms with E-state index in [1.807, 2.05) is 0 Å². The molecule has 23 heavy (non-hydrogen) atoms. The van der Waals surface area contributed by atoms with Crippen LogP contribution in [-0.2, 0) is 4.84 Å². The monoisotopic (exact) mass is 328 g/mol. The number of anilines is 1. The number of fused-ring (bicyclic) bond motifs is 3. The minimum atomic E-state index is -0.0794. The summed E-state index contributed by atoms with van der Waals surface area (Å²) in [7, 11) is 0. The molecule has 2 bridgehead atoms. The zero-order valence-corrected chi connectivity index (χ0v) is 14.0. The number of hydrogen-bond acceptors (Lipinski definition) is 6. The van der Waals surface area contributed by atoms with Gasteiger partial charge in [0.2, 0.25) is 0 Å². The van der Waals surface area contributed by atoms with E-state index in [9.17, 15) is 0 Å². The van der Waals surface area contributed by atoms with Crippen molar-refractivity contribution in [3.8, 4) is 0 Å². The first-order valence-corrected chi connectivity index (χ1v) is 9.10. The number of aryl methyl sites for hydroxylation is 1. The number of piperidine rings is 3. The second-order valence-corrected chi connectivity index (χ2v) is 7.83. The van der Waals surface area contributed by atoms with Gasteiger partial charge in [0, 0.05) is 23.5 Å². The summed E-state index contributed by atoms with van der Waals surface area (Å²) >= 11 is 1.55. The molecule has 1 aromatic heterocycles. The van der Waals surface area contributed by atoms with E-state index in [0.29, 0.717) is 5.92 Å². The number of rotatable bonds is 1. The van der Waals surface area contributed by atoms with E-state index in [1.165, 1.54) is 36.0 Å². The van der Waals surface area contributed by atoms with Gasteiger partial charge in [-0.2, -0.15) is 4.37 Å². The Morgan fingerprint density at radius 1 is 1.35 bits per heavy atom. The molecule has 1 unspecified atom stereocenters. The molecule has 120 valence electrons. The van der Waals surface area contributed by atoms with Crippen molar-refractivity contribution in [2.24, 2.45) is 11.1 Å². The second-order valence-electron chi connectivity index (χ2n) is 7.03. The standard InChI is InChI=1S/C17H20N4OS/c1-11-14-3-2-13(8-15(14)23-20-11)18-16-9-17(22-19-16)10-21-6-4-12(17)5-7-21/h2-3,8,12H,4-7,9-10H2,1H3,(H,18,19). The number of nitrogens with zero attached hydrogens (tertiary/aromatic N) is 3. The van der Waals surface area contributed by atoms with Crippen LogP contribution in [0.15, 0.2) is 23.4 Å². The first kappa shape index (κ1) is 13.7. The summed E-state index contributed by atoms with van der Waals surface area (Å²) in [5, 5.41) is 9.07. The van der Waals surface area contributed by atoms with E-state index in [2.05, 4.69) is 44.9 Å². The van der Waals surface area contributed by atoms with Gasteiger partial charge in [-0.3, -0.25) is 4.90 Å². The molecular weight excluding hydrogens is 308 g/mol. The van der Waals surface area contributed by atoms with Gasteiger partial charge < -0.3 is 10.2 Å². The van der Waals surface area contributed by atoms with Crippen molar-refractivity contribution in [1.29, 1.82) is 0 Å². The largest absolute Gasteiger partial charge is 0.386 e. The molecule has 0 amide bonds. The number of oxime groups is 1. The molecule has 0 saturated carbocycles. The highest BCUT2D eigenvalue weighted by Crippen LogP contribution is 2.43. The Morgan fingerprint density at radius 2 is 2.22 bits per heavy atom. The molecule has 6 rings (SSSR count). The molecular formula is C17H20N4OS. The number of amidine groups is 1. The van der Waals surface area contributed by atoms with Crippen LogP contribution in [0.5, 0.6) is 0 Å². The molecule has 1 spiro atoms. The van der Waals surface area contributed by atoms with Crippen LogP contribution in [0.2, 0.25) is 0 Å². The van der Waals surface area contributed by atoms with Crippen LogP contribution in [0.1, 0.15) is 25.0 Å². The van der Waals surface area contributed by atoms with Gasteiger partial charge in [0.25, 0.3) is 0 Å². The minimum absolute atomic E-state index is 0.0794. The molecule has 2 aromatic rings. The van der Waals surface area contributed by atoms with Crippen molar-refractivity contribution in [2.75, 3.05) is 25.0 Å². The van der Waals surface area contributed by atoms with Crippen LogP contribution in [0, 0.1) is 12.8 Å². The van der Waals surface area contributed by atoms with Crippen LogP contribution in [0.4, 0.5) is 5.69 Å². The quantitative estimate of drug-likeness (QED) is 0.873. The second kappa shape index (κ2) is 4.92. The lowest BCUT2D eigenvalue weighted by Crippen LogP contribution is -2.59. The van der Waals surface area contributed by atoms with E-state index < -0.39 is 0 Å². The number of benzene rings is 1. The molecule has 0 aliphatic carbocycles. The van der Waals surface area contributed by atoms with E-state index in [0.717, 1.165) is 30.2 Å². The number of aromatic nitrogens is 1. The van der Waals surface area contributed by atoms with E-state index in [-0.39, 0.29) is 5.60 Å². The molecule has 5 nitrogen and oxygen atoms in total. The van der Waals surface area contributed by atoms with Gasteiger partial charge in [0.15, 0.2) is 11.4 Å². The van der Waals surface area contributed by atoms with Gasteiger partial charge in [-0.15, -0.1) is 0 Å². The van der Waals surface area contributed by atoms with Crippen molar-refractivity contribution in [3.05, 3.63) is 23.9 Å². The minimum Gasteiger partial charge on any atom is -0.386 e. The average Bonchev–Trinajstić information content (AvgIpc) is 3.13. The van der Waals surface area contributed by atoms with E-state index in [1.54, 1.807) is 11.5 Å². The molecule has 4 aliphatic rings. The topological polar surface area (TPSA) is 49.8 Å². The summed E-state index contributed by atoms with van der Waals surface area (Å²) in [6.07, 6.45) is 3.39. The predicted molar refractivity (Wildman–Crippen MR) is 93.0 cm³/mol. The third kappa shape index (κ3) is 2.16. The van der Waals surface area contributed by atoms with Crippen LogP contribution < -0.4 is 5.32 Å². The van der Waals surface area contributed by atoms with Crippen molar-refractivity contribution < 1.29 is 4.84 Å². The third-order valence-corrected chi connectivity index (χ3v) is 6.47. The first-order chi connectivity index (χ1) is 11.2. The summed E-state index contributed by atoms with van der Waals surface area (Å²) in [5.41, 5.74) is 2.09. The highest BCUT2D eigenvalue weighted by Gasteiger charge is 2.52. The summed E-state index contributed by atoms with van der Waals surface area (Å²) < 4.78 is 5.63. The maximum Gasteiger partial charge on any atom is 0.160 e. The molecule has 4 aliphatic heterocycles. The fraction of sp³-hybridized carbons (Fsp3) is 0.529. The number of nitrogens with one attached hydrogen (secondary N) is 1. The van der Waals surface area contributed by atoms with E-state index in [4.69, 9.17) is 4.84 Å². The summed E-state index contributed by atoms with van der Waals surface area (Å²) in [6, 6.07) is 6.40. The summed E-state index contributed by atoms with van der Waals surface area (Å²) in [6.45, 7) is 5.53. The SMILES string of the molecule is Cc1nsc2cc(NC3=NOC4(C3)CN3CCC4CC3)ccc12. The van der Waals surface area contributed by atoms with Gasteiger partial charge in [-0.25, -0.2) is 0 Å².